The highest BCUT2D eigenvalue weighted by molar-refractivity contribution is 7.46. The number of rotatable bonds is 5. The Labute approximate surface area is 156 Å². The summed E-state index contributed by atoms with van der Waals surface area (Å²) in [7, 11) is -4.70. The minimum atomic E-state index is -4.70. The van der Waals surface area contributed by atoms with E-state index >= 15 is 0 Å². The highest BCUT2D eigenvalue weighted by atomic mass is 31.2. The third-order valence-electron chi connectivity index (χ3n) is 4.72. The van der Waals surface area contributed by atoms with Crippen molar-refractivity contribution in [2.45, 2.75) is 44.4 Å². The van der Waals surface area contributed by atoms with Crippen molar-refractivity contribution < 1.29 is 33.1 Å². The van der Waals surface area contributed by atoms with Gasteiger partial charge in [0.15, 0.2) is 6.79 Å². The SMILES string of the molecule is CC1(C)Oc2ccc(C#N)cc2C(N2CCCC2=O)C1OCOP(=O)(O)O. The minimum absolute atomic E-state index is 0.0458. The van der Waals surface area contributed by atoms with Crippen LogP contribution in [0.5, 0.6) is 5.75 Å². The zero-order valence-electron chi connectivity index (χ0n) is 15.0. The zero-order chi connectivity index (χ0) is 19.8. The topological polar surface area (TPSA) is 129 Å². The fourth-order valence-electron chi connectivity index (χ4n) is 3.59. The van der Waals surface area contributed by atoms with E-state index in [4.69, 9.17) is 19.3 Å². The Bertz CT molecular complexity index is 829. The Morgan fingerprint density at radius 2 is 2.19 bits per heavy atom. The number of carbonyl (C=O) groups excluding carboxylic acids is 1. The average molecular weight is 396 g/mol. The second-order valence-corrected chi connectivity index (χ2v) is 8.27. The van der Waals surface area contributed by atoms with Crippen LogP contribution in [0.2, 0.25) is 0 Å². The van der Waals surface area contributed by atoms with Gasteiger partial charge in [-0.15, -0.1) is 0 Å². The monoisotopic (exact) mass is 396 g/mol. The molecule has 1 aromatic rings. The maximum Gasteiger partial charge on any atom is 0.471 e. The normalized spacial score (nSPS) is 24.3. The molecular weight excluding hydrogens is 375 g/mol. The van der Waals surface area contributed by atoms with Gasteiger partial charge in [-0.05, 0) is 38.5 Å². The van der Waals surface area contributed by atoms with E-state index in [1.165, 1.54) is 0 Å². The van der Waals surface area contributed by atoms with Crippen LogP contribution in [-0.2, 0) is 18.6 Å². The maximum atomic E-state index is 12.4. The van der Waals surface area contributed by atoms with Gasteiger partial charge in [0.2, 0.25) is 5.91 Å². The molecule has 27 heavy (non-hydrogen) atoms. The van der Waals surface area contributed by atoms with Gasteiger partial charge in [-0.1, -0.05) is 0 Å². The number of amides is 1. The second kappa shape index (κ2) is 7.23. The standard InChI is InChI=1S/C17H21N2O7P/c1-17(2)16(24-10-25-27(21,22)23)15(19-7-3-4-14(19)20)12-8-11(9-18)5-6-13(12)26-17/h5-6,8,15-16H,3-4,7,10H2,1-2H3,(H2,21,22,23). The van der Waals surface area contributed by atoms with Crippen molar-refractivity contribution in [3.8, 4) is 11.8 Å². The Morgan fingerprint density at radius 3 is 2.78 bits per heavy atom. The first-order chi connectivity index (χ1) is 12.6. The molecule has 146 valence electrons. The number of fused-ring (bicyclic) bond motifs is 1. The molecule has 1 amide bonds. The van der Waals surface area contributed by atoms with E-state index in [1.54, 1.807) is 36.9 Å². The molecule has 3 rings (SSSR count). The van der Waals surface area contributed by atoms with Gasteiger partial charge in [0.05, 0.1) is 17.7 Å². The maximum absolute atomic E-state index is 12.4. The fraction of sp³-hybridized carbons (Fsp3) is 0.529. The average Bonchev–Trinajstić information content (AvgIpc) is 2.99. The molecule has 1 fully saturated rings. The lowest BCUT2D eigenvalue weighted by molar-refractivity contribution is -0.166. The van der Waals surface area contributed by atoms with Crippen LogP contribution in [-0.4, -0.2) is 45.6 Å². The molecule has 1 saturated heterocycles. The molecule has 0 bridgehead atoms. The van der Waals surface area contributed by atoms with Crippen molar-refractivity contribution in [2.24, 2.45) is 0 Å². The van der Waals surface area contributed by atoms with Crippen molar-refractivity contribution >= 4 is 13.7 Å². The second-order valence-electron chi connectivity index (χ2n) is 7.03. The first kappa shape index (κ1) is 19.8. The summed E-state index contributed by atoms with van der Waals surface area (Å²) in [5.74, 6) is 0.495. The number of benzene rings is 1. The summed E-state index contributed by atoms with van der Waals surface area (Å²) in [5, 5.41) is 9.23. The quantitative estimate of drug-likeness (QED) is 0.570. The fourth-order valence-corrected chi connectivity index (χ4v) is 3.78. The van der Waals surface area contributed by atoms with Gasteiger partial charge in [0.1, 0.15) is 17.5 Å². The van der Waals surface area contributed by atoms with Crippen LogP contribution in [0.3, 0.4) is 0 Å². The van der Waals surface area contributed by atoms with E-state index < -0.39 is 32.4 Å². The van der Waals surface area contributed by atoms with Crippen molar-refractivity contribution in [1.29, 1.82) is 5.26 Å². The van der Waals surface area contributed by atoms with E-state index in [0.717, 1.165) is 0 Å². The molecule has 2 aliphatic heterocycles. The van der Waals surface area contributed by atoms with Gasteiger partial charge >= 0.3 is 7.82 Å². The Morgan fingerprint density at radius 1 is 1.44 bits per heavy atom. The molecule has 2 unspecified atom stereocenters. The van der Waals surface area contributed by atoms with Crippen molar-refractivity contribution in [1.82, 2.24) is 4.90 Å². The van der Waals surface area contributed by atoms with Crippen LogP contribution in [0.15, 0.2) is 18.2 Å². The number of hydrogen-bond donors (Lipinski definition) is 2. The van der Waals surface area contributed by atoms with Crippen LogP contribution in [0.1, 0.15) is 43.9 Å². The van der Waals surface area contributed by atoms with Gasteiger partial charge < -0.3 is 24.2 Å². The molecule has 0 radical (unpaired) electrons. The molecule has 2 heterocycles. The number of carbonyl (C=O) groups is 1. The molecule has 0 aliphatic carbocycles. The Hall–Kier alpha value is -1.95. The molecule has 2 aliphatic rings. The van der Waals surface area contributed by atoms with Crippen molar-refractivity contribution in [2.75, 3.05) is 13.3 Å². The number of ether oxygens (including phenoxy) is 2. The number of phosphoric acid groups is 1. The molecule has 0 saturated carbocycles. The lowest BCUT2D eigenvalue weighted by Crippen LogP contribution is -2.55. The Balaban J connectivity index is 2.01. The molecule has 9 nitrogen and oxygen atoms in total. The molecule has 0 aromatic heterocycles. The highest BCUT2D eigenvalue weighted by Gasteiger charge is 2.49. The molecule has 2 atom stereocenters. The predicted molar refractivity (Wildman–Crippen MR) is 92.4 cm³/mol. The first-order valence-electron chi connectivity index (χ1n) is 8.46. The summed E-state index contributed by atoms with van der Waals surface area (Å²) in [5.41, 5.74) is 0.135. The summed E-state index contributed by atoms with van der Waals surface area (Å²) < 4.78 is 27.1. The smallest absolute Gasteiger partial charge is 0.471 e. The van der Waals surface area contributed by atoms with E-state index in [1.807, 2.05) is 0 Å². The van der Waals surface area contributed by atoms with Gasteiger partial charge in [-0.3, -0.25) is 9.32 Å². The number of likely N-dealkylation sites (tertiary alicyclic amines) is 1. The van der Waals surface area contributed by atoms with Gasteiger partial charge in [0.25, 0.3) is 0 Å². The van der Waals surface area contributed by atoms with Crippen LogP contribution >= 0.6 is 7.82 Å². The summed E-state index contributed by atoms with van der Waals surface area (Å²) in [6, 6.07) is 6.48. The zero-order valence-corrected chi connectivity index (χ0v) is 15.9. The lowest BCUT2D eigenvalue weighted by Gasteiger charge is -2.47. The van der Waals surface area contributed by atoms with Crippen molar-refractivity contribution in [3.05, 3.63) is 29.3 Å². The molecule has 1 aromatic carbocycles. The van der Waals surface area contributed by atoms with Crippen LogP contribution in [0.25, 0.3) is 0 Å². The number of nitrogens with zero attached hydrogens (tertiary/aromatic N) is 2. The third kappa shape index (κ3) is 4.15. The van der Waals surface area contributed by atoms with Crippen molar-refractivity contribution in [3.63, 3.8) is 0 Å². The molecule has 2 N–H and O–H groups in total. The van der Waals surface area contributed by atoms with Gasteiger partial charge in [-0.25, -0.2) is 4.57 Å². The number of hydrogen-bond acceptors (Lipinski definition) is 6. The lowest BCUT2D eigenvalue weighted by atomic mass is 9.85. The largest absolute Gasteiger partial charge is 0.485 e. The van der Waals surface area contributed by atoms with Crippen LogP contribution < -0.4 is 4.74 Å². The molecule has 0 spiro atoms. The predicted octanol–water partition coefficient (Wildman–Crippen LogP) is 1.84. The number of nitriles is 1. The van der Waals surface area contributed by atoms with Crippen LogP contribution in [0, 0.1) is 11.3 Å². The Kier molecular flexibility index (Phi) is 5.30. The molecule has 10 heteroatoms. The minimum Gasteiger partial charge on any atom is -0.485 e. The van der Waals surface area contributed by atoms with Gasteiger partial charge in [-0.2, -0.15) is 5.26 Å². The van der Waals surface area contributed by atoms with E-state index in [9.17, 15) is 14.6 Å². The summed E-state index contributed by atoms with van der Waals surface area (Å²) in [4.78, 5) is 31.9. The first-order valence-corrected chi connectivity index (χ1v) is 9.99. The van der Waals surface area contributed by atoms with E-state index in [-0.39, 0.29) is 5.91 Å². The van der Waals surface area contributed by atoms with E-state index in [2.05, 4.69) is 10.6 Å². The molecular formula is C17H21N2O7P. The summed E-state index contributed by atoms with van der Waals surface area (Å²) in [6.45, 7) is 3.40. The van der Waals surface area contributed by atoms with Crippen LogP contribution in [0.4, 0.5) is 0 Å². The summed E-state index contributed by atoms with van der Waals surface area (Å²) >= 11 is 0. The number of phosphoric ester groups is 1. The summed E-state index contributed by atoms with van der Waals surface area (Å²) in [6.07, 6.45) is 0.361. The highest BCUT2D eigenvalue weighted by Crippen LogP contribution is 2.46. The van der Waals surface area contributed by atoms with E-state index in [0.29, 0.717) is 36.3 Å². The third-order valence-corrected chi connectivity index (χ3v) is 5.16. The van der Waals surface area contributed by atoms with Gasteiger partial charge in [0, 0.05) is 18.5 Å².